The first-order valence-corrected chi connectivity index (χ1v) is 11.4. The maximum atomic E-state index is 13.3. The molecule has 0 radical (unpaired) electrons. The Hall–Kier alpha value is -2.18. The van der Waals surface area contributed by atoms with Crippen molar-refractivity contribution in [2.24, 2.45) is 0 Å². The van der Waals surface area contributed by atoms with Crippen LogP contribution in [0, 0.1) is 0 Å². The molecular formula is C23H31N3O2S. The number of rotatable bonds is 9. The largest absolute Gasteiger partial charge is 0.354 e. The third-order valence-electron chi connectivity index (χ3n) is 5.70. The maximum absolute atomic E-state index is 13.3. The van der Waals surface area contributed by atoms with Crippen LogP contribution in [0.2, 0.25) is 0 Å². The van der Waals surface area contributed by atoms with Crippen molar-refractivity contribution in [3.8, 4) is 0 Å². The molecule has 0 bridgehead atoms. The number of carbonyl (C=O) groups excluding carboxylic acids is 2. The van der Waals surface area contributed by atoms with Crippen LogP contribution in [0.1, 0.15) is 59.4 Å². The van der Waals surface area contributed by atoms with Gasteiger partial charge in [0.25, 0.3) is 5.91 Å². The molecule has 0 saturated heterocycles. The van der Waals surface area contributed by atoms with Gasteiger partial charge in [-0.25, -0.2) is 0 Å². The van der Waals surface area contributed by atoms with E-state index >= 15 is 0 Å². The first-order chi connectivity index (χ1) is 14.1. The van der Waals surface area contributed by atoms with Crippen LogP contribution in [0.5, 0.6) is 0 Å². The molecule has 2 aromatic rings. The number of benzene rings is 1. The minimum Gasteiger partial charge on any atom is -0.354 e. The van der Waals surface area contributed by atoms with E-state index in [1.54, 1.807) is 23.3 Å². The summed E-state index contributed by atoms with van der Waals surface area (Å²) in [5.74, 6) is -0.445. The second-order valence-electron chi connectivity index (χ2n) is 7.52. The molecule has 1 aromatic heterocycles. The van der Waals surface area contributed by atoms with E-state index in [1.165, 1.54) is 12.8 Å². The second-order valence-corrected chi connectivity index (χ2v) is 8.50. The molecule has 1 aromatic carbocycles. The molecule has 29 heavy (non-hydrogen) atoms. The molecule has 6 heteroatoms. The van der Waals surface area contributed by atoms with Gasteiger partial charge >= 0.3 is 0 Å². The summed E-state index contributed by atoms with van der Waals surface area (Å²) in [5.41, 5.74) is 1.45. The zero-order valence-corrected chi connectivity index (χ0v) is 18.4. The molecule has 2 heterocycles. The Morgan fingerprint density at radius 1 is 1.17 bits per heavy atom. The van der Waals surface area contributed by atoms with Gasteiger partial charge in [-0.05, 0) is 42.6 Å². The Labute approximate surface area is 177 Å². The number of carbonyl (C=O) groups is 2. The lowest BCUT2D eigenvalue weighted by molar-refractivity contribution is -0.124. The number of likely N-dealkylation sites (N-methyl/N-ethyl adjacent to an activating group) is 2. The predicted molar refractivity (Wildman–Crippen MR) is 118 cm³/mol. The summed E-state index contributed by atoms with van der Waals surface area (Å²) in [6, 6.07) is 11.2. The molecule has 2 amide bonds. The Kier molecular flexibility index (Phi) is 7.45. The van der Waals surface area contributed by atoms with Crippen LogP contribution in [-0.4, -0.2) is 54.8 Å². The highest BCUT2D eigenvalue weighted by molar-refractivity contribution is 7.10. The van der Waals surface area contributed by atoms with Crippen LogP contribution in [0.4, 0.5) is 0 Å². The quantitative estimate of drug-likeness (QED) is 0.678. The molecule has 0 unspecified atom stereocenters. The van der Waals surface area contributed by atoms with Gasteiger partial charge in [-0.3, -0.25) is 9.59 Å². The number of hydrogen-bond donors (Lipinski definition) is 1. The molecule has 3 rings (SSSR count). The average Bonchev–Trinajstić information content (AvgIpc) is 3.27. The monoisotopic (exact) mass is 413 g/mol. The molecule has 1 aliphatic rings. The number of unbranched alkanes of at least 4 members (excludes halogenated alkanes) is 1. The Balaban J connectivity index is 1.81. The molecule has 2 atom stereocenters. The van der Waals surface area contributed by atoms with Crippen LogP contribution in [0.25, 0.3) is 0 Å². The summed E-state index contributed by atoms with van der Waals surface area (Å²) in [6.07, 6.45) is 2.34. The van der Waals surface area contributed by atoms with Crippen LogP contribution in [-0.2, 0) is 4.79 Å². The normalized spacial score (nSPS) is 18.8. The maximum Gasteiger partial charge on any atom is 0.254 e. The molecule has 0 aliphatic carbocycles. The van der Waals surface area contributed by atoms with Crippen LogP contribution in [0.3, 0.4) is 0 Å². The van der Waals surface area contributed by atoms with Gasteiger partial charge in [0.1, 0.15) is 0 Å². The number of nitrogens with zero attached hydrogens (tertiary/aromatic N) is 2. The lowest BCUT2D eigenvalue weighted by Gasteiger charge is -2.39. The number of nitrogens with one attached hydrogen (secondary N) is 1. The van der Waals surface area contributed by atoms with E-state index in [0.29, 0.717) is 12.1 Å². The van der Waals surface area contributed by atoms with Gasteiger partial charge in [0.15, 0.2) is 0 Å². The number of hydrogen-bond acceptors (Lipinski definition) is 4. The second kappa shape index (κ2) is 10.0. The molecule has 5 nitrogen and oxygen atoms in total. The highest BCUT2D eigenvalue weighted by Gasteiger charge is 2.42. The fourth-order valence-electron chi connectivity index (χ4n) is 4.03. The lowest BCUT2D eigenvalue weighted by Crippen LogP contribution is -2.46. The van der Waals surface area contributed by atoms with Crippen LogP contribution < -0.4 is 5.32 Å². The zero-order chi connectivity index (χ0) is 20.8. The van der Waals surface area contributed by atoms with E-state index in [-0.39, 0.29) is 17.9 Å². The van der Waals surface area contributed by atoms with Gasteiger partial charge in [0.05, 0.1) is 12.0 Å². The van der Waals surface area contributed by atoms with Crippen LogP contribution >= 0.6 is 11.3 Å². The van der Waals surface area contributed by atoms with E-state index in [4.69, 9.17) is 0 Å². The van der Waals surface area contributed by atoms with Crippen molar-refractivity contribution in [2.75, 3.05) is 33.2 Å². The first-order valence-electron chi connectivity index (χ1n) is 10.5. The summed E-state index contributed by atoms with van der Waals surface area (Å²) in [7, 11) is 1.80. The molecule has 156 valence electrons. The van der Waals surface area contributed by atoms with Gasteiger partial charge in [-0.1, -0.05) is 44.5 Å². The predicted octanol–water partition coefficient (Wildman–Crippen LogP) is 3.90. The van der Waals surface area contributed by atoms with Gasteiger partial charge in [-0.2, -0.15) is 0 Å². The third-order valence-corrected chi connectivity index (χ3v) is 6.64. The Bertz CT molecular complexity index is 821. The molecule has 0 spiro atoms. The first kappa shape index (κ1) is 21.5. The summed E-state index contributed by atoms with van der Waals surface area (Å²) < 4.78 is 0. The average molecular weight is 414 g/mol. The van der Waals surface area contributed by atoms with Crippen molar-refractivity contribution in [1.82, 2.24) is 15.1 Å². The van der Waals surface area contributed by atoms with Crippen molar-refractivity contribution >= 4 is 23.2 Å². The molecule has 0 fully saturated rings. The van der Waals surface area contributed by atoms with Crippen molar-refractivity contribution < 1.29 is 9.59 Å². The van der Waals surface area contributed by atoms with E-state index in [0.717, 1.165) is 30.1 Å². The fraction of sp³-hybridized carbons (Fsp3) is 0.478. The summed E-state index contributed by atoms with van der Waals surface area (Å²) >= 11 is 1.59. The van der Waals surface area contributed by atoms with Crippen LogP contribution in [0.15, 0.2) is 41.8 Å². The van der Waals surface area contributed by atoms with E-state index in [9.17, 15) is 9.59 Å². The van der Waals surface area contributed by atoms with Crippen molar-refractivity contribution in [3.05, 3.63) is 57.8 Å². The summed E-state index contributed by atoms with van der Waals surface area (Å²) in [5, 5.41) is 5.14. The highest BCUT2D eigenvalue weighted by Crippen LogP contribution is 2.43. The molecule has 1 N–H and O–H groups in total. The third kappa shape index (κ3) is 4.70. The van der Waals surface area contributed by atoms with E-state index in [2.05, 4.69) is 24.1 Å². The standard InChI is InChI=1S/C23H31N3O2S/c1-4-6-14-26(5-2)15-13-24-22(27)20-17-10-7-8-11-18(17)23(28)25(3)21(20)19-12-9-16-29-19/h7-12,16,20-21H,4-6,13-15H2,1-3H3,(H,24,27)/t20-,21-/m1/s1. The summed E-state index contributed by atoms with van der Waals surface area (Å²) in [6.45, 7) is 7.85. The van der Waals surface area contributed by atoms with Gasteiger partial charge in [0, 0.05) is 30.6 Å². The Morgan fingerprint density at radius 2 is 1.97 bits per heavy atom. The smallest absolute Gasteiger partial charge is 0.254 e. The van der Waals surface area contributed by atoms with E-state index in [1.807, 2.05) is 41.8 Å². The van der Waals surface area contributed by atoms with Crippen molar-refractivity contribution in [3.63, 3.8) is 0 Å². The minimum atomic E-state index is -0.404. The minimum absolute atomic E-state index is 0.0123. The van der Waals surface area contributed by atoms with E-state index < -0.39 is 5.92 Å². The highest BCUT2D eigenvalue weighted by atomic mass is 32.1. The van der Waals surface area contributed by atoms with Gasteiger partial charge in [-0.15, -0.1) is 11.3 Å². The molecule has 0 saturated carbocycles. The fourth-order valence-corrected chi connectivity index (χ4v) is 4.93. The number of fused-ring (bicyclic) bond motifs is 1. The molecule has 1 aliphatic heterocycles. The lowest BCUT2D eigenvalue weighted by atomic mass is 9.82. The van der Waals surface area contributed by atoms with Crippen molar-refractivity contribution in [1.29, 1.82) is 0 Å². The SMILES string of the molecule is CCCCN(CC)CCNC(=O)[C@@H]1c2ccccc2C(=O)N(C)[C@@H]1c1cccs1. The van der Waals surface area contributed by atoms with Gasteiger partial charge < -0.3 is 15.1 Å². The van der Waals surface area contributed by atoms with Gasteiger partial charge in [0.2, 0.25) is 5.91 Å². The summed E-state index contributed by atoms with van der Waals surface area (Å²) in [4.78, 5) is 31.4. The zero-order valence-electron chi connectivity index (χ0n) is 17.6. The molecular weight excluding hydrogens is 382 g/mol. The Morgan fingerprint density at radius 3 is 2.66 bits per heavy atom. The number of amides is 2. The number of thiophene rings is 1. The van der Waals surface area contributed by atoms with Crippen molar-refractivity contribution in [2.45, 2.75) is 38.6 Å². The topological polar surface area (TPSA) is 52.7 Å².